The van der Waals surface area contributed by atoms with Crippen LogP contribution >= 0.6 is 11.6 Å². The zero-order valence-corrected chi connectivity index (χ0v) is 15.2. The molecular weight excluding hydrogens is 360 g/mol. The molecule has 2 aromatic rings. The van der Waals surface area contributed by atoms with E-state index in [1.165, 1.54) is 14.2 Å². The normalized spacial score (nSPS) is 16.7. The summed E-state index contributed by atoms with van der Waals surface area (Å²) < 4.78 is 15.7. The van der Waals surface area contributed by atoms with Gasteiger partial charge in [-0.1, -0.05) is 11.6 Å². The van der Waals surface area contributed by atoms with Crippen molar-refractivity contribution < 1.29 is 23.5 Å². The lowest BCUT2D eigenvalue weighted by atomic mass is 10.1. The van der Waals surface area contributed by atoms with Crippen LogP contribution in [0, 0.1) is 5.92 Å². The van der Waals surface area contributed by atoms with Gasteiger partial charge in [-0.2, -0.15) is 0 Å². The minimum absolute atomic E-state index is 0.0813. The number of rotatable bonds is 6. The van der Waals surface area contributed by atoms with Crippen molar-refractivity contribution in [1.82, 2.24) is 4.90 Å². The fourth-order valence-electron chi connectivity index (χ4n) is 2.88. The van der Waals surface area contributed by atoms with Crippen molar-refractivity contribution in [1.29, 1.82) is 0 Å². The van der Waals surface area contributed by atoms with E-state index < -0.39 is 5.92 Å². The van der Waals surface area contributed by atoms with Crippen LogP contribution in [0.25, 0.3) is 0 Å². The first-order valence-corrected chi connectivity index (χ1v) is 8.42. The molecule has 3 rings (SSSR count). The van der Waals surface area contributed by atoms with Crippen LogP contribution in [0.1, 0.15) is 12.2 Å². The molecule has 1 aliphatic heterocycles. The van der Waals surface area contributed by atoms with Gasteiger partial charge in [-0.05, 0) is 12.1 Å². The first kappa shape index (κ1) is 18.1. The smallest absolute Gasteiger partial charge is 0.229 e. The Labute approximate surface area is 155 Å². The number of halogens is 1. The van der Waals surface area contributed by atoms with E-state index in [-0.39, 0.29) is 18.2 Å². The molecule has 2 heterocycles. The molecule has 0 saturated carbocycles. The number of carbonyl (C=O) groups excluding carboxylic acids is 2. The molecule has 7 nitrogen and oxygen atoms in total. The molecule has 1 aromatic heterocycles. The Hall–Kier alpha value is -2.67. The summed E-state index contributed by atoms with van der Waals surface area (Å²) in [7, 11) is 2.97. The lowest BCUT2D eigenvalue weighted by Crippen LogP contribution is -2.28. The van der Waals surface area contributed by atoms with Crippen LogP contribution in [-0.4, -0.2) is 37.5 Å². The second kappa shape index (κ2) is 7.70. The quantitative estimate of drug-likeness (QED) is 0.835. The lowest BCUT2D eigenvalue weighted by Gasteiger charge is -2.16. The number of hydrogen-bond donors (Lipinski definition) is 1. The van der Waals surface area contributed by atoms with Gasteiger partial charge in [-0.25, -0.2) is 0 Å². The van der Waals surface area contributed by atoms with Crippen molar-refractivity contribution in [2.45, 2.75) is 13.0 Å². The highest BCUT2D eigenvalue weighted by Crippen LogP contribution is 2.36. The van der Waals surface area contributed by atoms with Gasteiger partial charge in [0.2, 0.25) is 11.8 Å². The lowest BCUT2D eigenvalue weighted by molar-refractivity contribution is -0.128. The van der Waals surface area contributed by atoms with Crippen molar-refractivity contribution in [2.75, 3.05) is 26.1 Å². The van der Waals surface area contributed by atoms with E-state index in [0.29, 0.717) is 41.1 Å². The number of benzene rings is 1. The summed E-state index contributed by atoms with van der Waals surface area (Å²) in [4.78, 5) is 26.4. The van der Waals surface area contributed by atoms with Crippen molar-refractivity contribution >= 4 is 29.1 Å². The van der Waals surface area contributed by atoms with E-state index >= 15 is 0 Å². The minimum Gasteiger partial charge on any atom is -0.495 e. The molecule has 0 unspecified atom stereocenters. The second-order valence-corrected chi connectivity index (χ2v) is 6.34. The highest BCUT2D eigenvalue weighted by molar-refractivity contribution is 6.32. The number of nitrogens with zero attached hydrogens (tertiary/aromatic N) is 1. The van der Waals surface area contributed by atoms with E-state index in [4.69, 9.17) is 25.5 Å². The van der Waals surface area contributed by atoms with Gasteiger partial charge in [0.25, 0.3) is 0 Å². The van der Waals surface area contributed by atoms with Crippen LogP contribution in [0.3, 0.4) is 0 Å². The number of anilines is 1. The Morgan fingerprint density at radius 3 is 2.77 bits per heavy atom. The molecule has 138 valence electrons. The van der Waals surface area contributed by atoms with Crippen molar-refractivity contribution in [2.24, 2.45) is 5.92 Å². The Bertz CT molecular complexity index is 806. The number of hydrogen-bond acceptors (Lipinski definition) is 5. The van der Waals surface area contributed by atoms with Gasteiger partial charge in [-0.3, -0.25) is 9.59 Å². The summed E-state index contributed by atoms with van der Waals surface area (Å²) in [6.45, 7) is 0.687. The largest absolute Gasteiger partial charge is 0.495 e. The third kappa shape index (κ3) is 3.77. The number of amides is 2. The molecule has 2 amide bonds. The van der Waals surface area contributed by atoms with E-state index in [0.717, 1.165) is 0 Å². The maximum absolute atomic E-state index is 12.6. The standard InChI is InChI=1S/C18H19ClN2O5/c1-24-15-8-14(16(25-2)7-13(15)19)20-18(23)11-6-17(22)21(9-11)10-12-4-3-5-26-12/h3-5,7-8,11H,6,9-10H2,1-2H3,(H,20,23)/t11-/m0/s1. The van der Waals surface area contributed by atoms with Crippen LogP contribution < -0.4 is 14.8 Å². The molecule has 0 aliphatic carbocycles. The first-order chi connectivity index (χ1) is 12.5. The Balaban J connectivity index is 1.70. The summed E-state index contributed by atoms with van der Waals surface area (Å²) in [5, 5.41) is 3.18. The van der Waals surface area contributed by atoms with Gasteiger partial charge in [0.15, 0.2) is 0 Å². The number of furan rings is 1. The van der Waals surface area contributed by atoms with Gasteiger partial charge in [0, 0.05) is 25.1 Å². The molecule has 1 N–H and O–H groups in total. The molecule has 1 saturated heterocycles. The number of ether oxygens (including phenoxy) is 2. The summed E-state index contributed by atoms with van der Waals surface area (Å²) in [5.41, 5.74) is 0.440. The number of nitrogens with one attached hydrogen (secondary N) is 1. The van der Waals surface area contributed by atoms with E-state index in [1.54, 1.807) is 35.4 Å². The Morgan fingerprint density at radius 2 is 2.12 bits per heavy atom. The molecule has 8 heteroatoms. The van der Waals surface area contributed by atoms with Crippen molar-refractivity contribution in [3.8, 4) is 11.5 Å². The number of likely N-dealkylation sites (tertiary alicyclic amines) is 1. The summed E-state index contributed by atoms with van der Waals surface area (Å²) in [6, 6.07) is 6.72. The van der Waals surface area contributed by atoms with Crippen LogP contribution in [0.2, 0.25) is 5.02 Å². The average molecular weight is 379 g/mol. The molecular formula is C18H19ClN2O5. The second-order valence-electron chi connectivity index (χ2n) is 5.93. The molecule has 0 radical (unpaired) electrons. The van der Waals surface area contributed by atoms with E-state index in [1.807, 2.05) is 0 Å². The van der Waals surface area contributed by atoms with E-state index in [2.05, 4.69) is 5.32 Å². The zero-order chi connectivity index (χ0) is 18.7. The number of methoxy groups -OCH3 is 2. The van der Waals surface area contributed by atoms with Crippen molar-refractivity contribution in [3.63, 3.8) is 0 Å². The Morgan fingerprint density at radius 1 is 1.35 bits per heavy atom. The molecule has 1 aromatic carbocycles. The molecule has 26 heavy (non-hydrogen) atoms. The van der Waals surface area contributed by atoms with E-state index in [9.17, 15) is 9.59 Å². The monoisotopic (exact) mass is 378 g/mol. The van der Waals surface area contributed by atoms with Gasteiger partial charge < -0.3 is 24.1 Å². The zero-order valence-electron chi connectivity index (χ0n) is 14.5. The topological polar surface area (TPSA) is 81.0 Å². The SMILES string of the molecule is COc1cc(NC(=O)[C@H]2CC(=O)N(Cc3ccco3)C2)c(OC)cc1Cl. The van der Waals surface area contributed by atoms with Gasteiger partial charge in [-0.15, -0.1) is 0 Å². The maximum Gasteiger partial charge on any atom is 0.229 e. The van der Waals surface area contributed by atoms with Crippen molar-refractivity contribution in [3.05, 3.63) is 41.3 Å². The molecule has 1 atom stereocenters. The third-order valence-electron chi connectivity index (χ3n) is 4.24. The summed E-state index contributed by atoms with van der Waals surface area (Å²) in [5.74, 6) is 0.725. The van der Waals surface area contributed by atoms with Crippen LogP contribution in [0.5, 0.6) is 11.5 Å². The Kier molecular flexibility index (Phi) is 5.37. The van der Waals surface area contributed by atoms with Gasteiger partial charge in [0.1, 0.15) is 17.3 Å². The van der Waals surface area contributed by atoms with Crippen LogP contribution in [0.15, 0.2) is 34.9 Å². The predicted molar refractivity (Wildman–Crippen MR) is 95.4 cm³/mol. The minimum atomic E-state index is -0.455. The molecule has 1 aliphatic rings. The van der Waals surface area contributed by atoms with Gasteiger partial charge >= 0.3 is 0 Å². The van der Waals surface area contributed by atoms with Crippen LogP contribution in [0.4, 0.5) is 5.69 Å². The maximum atomic E-state index is 12.6. The summed E-state index contributed by atoms with van der Waals surface area (Å²) in [6.07, 6.45) is 1.71. The molecule has 0 spiro atoms. The van der Waals surface area contributed by atoms with Gasteiger partial charge in [0.05, 0.1) is 43.7 Å². The molecule has 0 bridgehead atoms. The fraction of sp³-hybridized carbons (Fsp3) is 0.333. The average Bonchev–Trinajstić information content (AvgIpc) is 3.26. The highest BCUT2D eigenvalue weighted by Gasteiger charge is 2.35. The highest BCUT2D eigenvalue weighted by atomic mass is 35.5. The first-order valence-electron chi connectivity index (χ1n) is 8.04. The fourth-order valence-corrected chi connectivity index (χ4v) is 3.12. The third-order valence-corrected chi connectivity index (χ3v) is 4.54. The van der Waals surface area contributed by atoms with Crippen LogP contribution in [-0.2, 0) is 16.1 Å². The number of carbonyl (C=O) groups is 2. The summed E-state index contributed by atoms with van der Waals surface area (Å²) >= 11 is 6.07. The predicted octanol–water partition coefficient (Wildman–Crippen LogP) is 2.94. The molecule has 1 fully saturated rings.